The van der Waals surface area contributed by atoms with Crippen LogP contribution in [0.4, 0.5) is 0 Å². The fourth-order valence-electron chi connectivity index (χ4n) is 3.17. The van der Waals surface area contributed by atoms with Crippen LogP contribution in [0.3, 0.4) is 0 Å². The lowest BCUT2D eigenvalue weighted by Gasteiger charge is -2.22. The molecule has 2 aliphatic rings. The highest BCUT2D eigenvalue weighted by Crippen LogP contribution is 2.36. The molecule has 2 heteroatoms. The Morgan fingerprint density at radius 2 is 2.00 bits per heavy atom. The number of hydrogen-bond acceptors (Lipinski definition) is 2. The fourth-order valence-corrected chi connectivity index (χ4v) is 3.17. The van der Waals surface area contributed by atoms with Gasteiger partial charge in [0.2, 0.25) is 0 Å². The van der Waals surface area contributed by atoms with E-state index in [-0.39, 0.29) is 0 Å². The van der Waals surface area contributed by atoms with Gasteiger partial charge in [0, 0.05) is 24.9 Å². The summed E-state index contributed by atoms with van der Waals surface area (Å²) in [7, 11) is 0. The van der Waals surface area contributed by atoms with Crippen LogP contribution in [-0.4, -0.2) is 23.3 Å². The van der Waals surface area contributed by atoms with Crippen LogP contribution >= 0.6 is 0 Å². The monoisotopic (exact) mass is 215 g/mol. The van der Waals surface area contributed by atoms with E-state index in [0.29, 0.717) is 17.7 Å². The topological polar surface area (TPSA) is 20.3 Å². The van der Waals surface area contributed by atoms with Gasteiger partial charge in [-0.2, -0.15) is 0 Å². The van der Waals surface area contributed by atoms with Gasteiger partial charge in [-0.05, 0) is 24.9 Å². The average molecular weight is 215 g/mol. The zero-order chi connectivity index (χ0) is 11.0. The Hall–Kier alpha value is -1.15. The number of carbonyl (C=O) groups is 1. The first kappa shape index (κ1) is 10.0. The molecule has 0 radical (unpaired) electrons. The number of likely N-dealkylation sites (tertiary alicyclic amines) is 1. The molecule has 0 aromatic heterocycles. The van der Waals surface area contributed by atoms with Crippen molar-refractivity contribution in [2.24, 2.45) is 5.92 Å². The molecule has 1 aliphatic heterocycles. The molecule has 2 nitrogen and oxygen atoms in total. The summed E-state index contributed by atoms with van der Waals surface area (Å²) in [6.07, 6.45) is 2.97. The summed E-state index contributed by atoms with van der Waals surface area (Å²) >= 11 is 0. The van der Waals surface area contributed by atoms with Crippen LogP contribution in [0.25, 0.3) is 0 Å². The van der Waals surface area contributed by atoms with E-state index in [0.717, 1.165) is 32.4 Å². The van der Waals surface area contributed by atoms with Gasteiger partial charge < -0.3 is 0 Å². The quantitative estimate of drug-likeness (QED) is 0.754. The van der Waals surface area contributed by atoms with E-state index >= 15 is 0 Å². The van der Waals surface area contributed by atoms with E-state index in [9.17, 15) is 4.79 Å². The number of fused-ring (bicyclic) bond motifs is 1. The standard InChI is InChI=1S/C14H17NO/c16-14-7-6-13-12(14)8-9-15(13)10-11-4-2-1-3-5-11/h1-5,12-13H,6-10H2/t12-,13-/m1/s1. The molecule has 0 spiro atoms. The average Bonchev–Trinajstić information content (AvgIpc) is 2.86. The number of hydrogen-bond donors (Lipinski definition) is 0. The Labute approximate surface area is 96.3 Å². The van der Waals surface area contributed by atoms with E-state index < -0.39 is 0 Å². The molecular weight excluding hydrogens is 198 g/mol. The van der Waals surface area contributed by atoms with Crippen molar-refractivity contribution in [2.45, 2.75) is 31.8 Å². The lowest BCUT2D eigenvalue weighted by Crippen LogP contribution is -2.30. The molecule has 2 atom stereocenters. The first-order valence-corrected chi connectivity index (χ1v) is 6.15. The van der Waals surface area contributed by atoms with Crippen LogP contribution in [0.2, 0.25) is 0 Å². The van der Waals surface area contributed by atoms with Crippen LogP contribution in [0, 0.1) is 5.92 Å². The van der Waals surface area contributed by atoms with Crippen LogP contribution in [0.5, 0.6) is 0 Å². The molecule has 1 saturated carbocycles. The summed E-state index contributed by atoms with van der Waals surface area (Å²) < 4.78 is 0. The summed E-state index contributed by atoms with van der Waals surface area (Å²) in [4.78, 5) is 14.1. The lowest BCUT2D eigenvalue weighted by molar-refractivity contribution is -0.120. The summed E-state index contributed by atoms with van der Waals surface area (Å²) in [5.74, 6) is 0.851. The number of Topliss-reactive ketones (excluding diaryl/α,β-unsaturated/α-hetero) is 1. The lowest BCUT2D eigenvalue weighted by atomic mass is 10.0. The summed E-state index contributed by atoms with van der Waals surface area (Å²) in [5.41, 5.74) is 1.36. The van der Waals surface area contributed by atoms with Crippen molar-refractivity contribution in [2.75, 3.05) is 6.54 Å². The second-order valence-electron chi connectivity index (χ2n) is 4.92. The van der Waals surface area contributed by atoms with E-state index in [1.165, 1.54) is 5.56 Å². The highest BCUT2D eigenvalue weighted by Gasteiger charge is 2.42. The smallest absolute Gasteiger partial charge is 0.137 e. The predicted octanol–water partition coefficient (Wildman–Crippen LogP) is 2.24. The zero-order valence-electron chi connectivity index (χ0n) is 9.43. The van der Waals surface area contributed by atoms with Gasteiger partial charge in [0.25, 0.3) is 0 Å². The molecule has 1 aromatic rings. The predicted molar refractivity (Wildman–Crippen MR) is 63.0 cm³/mol. The fraction of sp³-hybridized carbons (Fsp3) is 0.500. The van der Waals surface area contributed by atoms with Gasteiger partial charge in [-0.25, -0.2) is 0 Å². The first-order chi connectivity index (χ1) is 7.84. The maximum atomic E-state index is 11.6. The number of nitrogens with zero attached hydrogens (tertiary/aromatic N) is 1. The third kappa shape index (κ3) is 1.67. The van der Waals surface area contributed by atoms with Crippen LogP contribution in [-0.2, 0) is 11.3 Å². The van der Waals surface area contributed by atoms with Gasteiger partial charge >= 0.3 is 0 Å². The Bertz CT molecular complexity index is 387. The molecule has 1 aliphatic carbocycles. The second-order valence-corrected chi connectivity index (χ2v) is 4.92. The minimum absolute atomic E-state index is 0.351. The molecule has 2 fully saturated rings. The molecule has 0 amide bonds. The molecule has 84 valence electrons. The highest BCUT2D eigenvalue weighted by atomic mass is 16.1. The van der Waals surface area contributed by atoms with Crippen molar-refractivity contribution >= 4 is 5.78 Å². The number of ketones is 1. The summed E-state index contributed by atoms with van der Waals surface area (Å²) in [6, 6.07) is 11.1. The molecule has 1 heterocycles. The molecule has 3 rings (SSSR count). The van der Waals surface area contributed by atoms with Crippen molar-refractivity contribution < 1.29 is 4.79 Å². The zero-order valence-corrected chi connectivity index (χ0v) is 9.43. The van der Waals surface area contributed by atoms with E-state index in [4.69, 9.17) is 0 Å². The molecule has 16 heavy (non-hydrogen) atoms. The van der Waals surface area contributed by atoms with Crippen molar-refractivity contribution in [1.82, 2.24) is 4.90 Å². The maximum Gasteiger partial charge on any atom is 0.137 e. The van der Waals surface area contributed by atoms with E-state index in [2.05, 4.69) is 35.2 Å². The second kappa shape index (κ2) is 4.02. The van der Waals surface area contributed by atoms with Gasteiger partial charge in [-0.3, -0.25) is 9.69 Å². The van der Waals surface area contributed by atoms with Gasteiger partial charge in [-0.1, -0.05) is 30.3 Å². The number of carbonyl (C=O) groups excluding carboxylic acids is 1. The Morgan fingerprint density at radius 3 is 2.81 bits per heavy atom. The number of benzene rings is 1. The van der Waals surface area contributed by atoms with Crippen molar-refractivity contribution in [1.29, 1.82) is 0 Å². The molecule has 1 saturated heterocycles. The summed E-state index contributed by atoms with van der Waals surface area (Å²) in [6.45, 7) is 2.10. The SMILES string of the molecule is O=C1CC[C@@H]2[C@H]1CCN2Cc1ccccc1. The number of rotatable bonds is 2. The van der Waals surface area contributed by atoms with Crippen molar-refractivity contribution in [3.8, 4) is 0 Å². The van der Waals surface area contributed by atoms with Crippen molar-refractivity contribution in [3.63, 3.8) is 0 Å². The Morgan fingerprint density at radius 1 is 1.19 bits per heavy atom. The maximum absolute atomic E-state index is 11.6. The summed E-state index contributed by atoms with van der Waals surface area (Å²) in [5, 5.41) is 0. The van der Waals surface area contributed by atoms with Crippen LogP contribution < -0.4 is 0 Å². The van der Waals surface area contributed by atoms with Gasteiger partial charge in [0.05, 0.1) is 0 Å². The van der Waals surface area contributed by atoms with Crippen LogP contribution in [0.15, 0.2) is 30.3 Å². The minimum atomic E-state index is 0.351. The molecule has 0 N–H and O–H groups in total. The molecule has 0 bridgehead atoms. The Kier molecular flexibility index (Phi) is 2.52. The largest absolute Gasteiger partial charge is 0.299 e. The van der Waals surface area contributed by atoms with Gasteiger partial charge in [0.15, 0.2) is 0 Å². The van der Waals surface area contributed by atoms with Crippen LogP contribution in [0.1, 0.15) is 24.8 Å². The minimum Gasteiger partial charge on any atom is -0.299 e. The molecule has 1 aromatic carbocycles. The molecular formula is C14H17NO. The van der Waals surface area contributed by atoms with Gasteiger partial charge in [-0.15, -0.1) is 0 Å². The van der Waals surface area contributed by atoms with E-state index in [1.54, 1.807) is 0 Å². The normalized spacial score (nSPS) is 29.6. The Balaban J connectivity index is 1.71. The molecule has 0 unspecified atom stereocenters. The van der Waals surface area contributed by atoms with Gasteiger partial charge in [0.1, 0.15) is 5.78 Å². The third-order valence-corrected chi connectivity index (χ3v) is 3.99. The van der Waals surface area contributed by atoms with E-state index in [1.807, 2.05) is 0 Å². The van der Waals surface area contributed by atoms with Crippen molar-refractivity contribution in [3.05, 3.63) is 35.9 Å². The first-order valence-electron chi connectivity index (χ1n) is 6.15. The third-order valence-electron chi connectivity index (χ3n) is 3.99. The highest BCUT2D eigenvalue weighted by molar-refractivity contribution is 5.84.